The van der Waals surface area contributed by atoms with Crippen molar-refractivity contribution in [3.8, 4) is 0 Å². The van der Waals surface area contributed by atoms with Crippen LogP contribution in [0.5, 0.6) is 0 Å². The second-order valence-electron chi connectivity index (χ2n) is 6.61. The molecular formula is C20H23N3O6S. The highest BCUT2D eigenvalue weighted by Crippen LogP contribution is 2.16. The zero-order valence-corrected chi connectivity index (χ0v) is 17.8. The van der Waals surface area contributed by atoms with Crippen LogP contribution in [-0.4, -0.2) is 50.7 Å². The first-order valence-electron chi connectivity index (χ1n) is 8.93. The molecular weight excluding hydrogens is 410 g/mol. The molecule has 0 saturated heterocycles. The molecule has 0 bridgehead atoms. The summed E-state index contributed by atoms with van der Waals surface area (Å²) in [6.45, 7) is 2.81. The highest BCUT2D eigenvalue weighted by molar-refractivity contribution is 7.89. The van der Waals surface area contributed by atoms with E-state index in [9.17, 15) is 22.8 Å². The number of carbonyl (C=O) groups is 3. The molecule has 0 aromatic heterocycles. The second-order valence-corrected chi connectivity index (χ2v) is 8.76. The SMILES string of the molecule is CC(=O)Nc1ccc(NC(=O)[C@@H](C)OC(=O)c2ccc(S(=O)(=O)N(C)C)cc2)cc1. The van der Waals surface area contributed by atoms with Gasteiger partial charge in [0.25, 0.3) is 5.91 Å². The molecule has 0 radical (unpaired) electrons. The predicted molar refractivity (Wildman–Crippen MR) is 112 cm³/mol. The van der Waals surface area contributed by atoms with Crippen LogP contribution in [0.2, 0.25) is 0 Å². The topological polar surface area (TPSA) is 122 Å². The Morgan fingerprint density at radius 1 is 0.900 bits per heavy atom. The molecule has 10 heteroatoms. The van der Waals surface area contributed by atoms with Gasteiger partial charge in [-0.15, -0.1) is 0 Å². The number of nitrogens with one attached hydrogen (secondary N) is 2. The van der Waals surface area contributed by atoms with Gasteiger partial charge in [0.15, 0.2) is 6.10 Å². The average Bonchev–Trinajstić information content (AvgIpc) is 2.68. The third kappa shape index (κ3) is 5.88. The van der Waals surface area contributed by atoms with Crippen LogP contribution in [0.4, 0.5) is 11.4 Å². The van der Waals surface area contributed by atoms with Gasteiger partial charge in [-0.25, -0.2) is 17.5 Å². The van der Waals surface area contributed by atoms with E-state index in [2.05, 4.69) is 10.6 Å². The first-order valence-corrected chi connectivity index (χ1v) is 10.4. The Bertz CT molecular complexity index is 1030. The summed E-state index contributed by atoms with van der Waals surface area (Å²) in [4.78, 5) is 35.6. The molecule has 0 fully saturated rings. The Labute approximate surface area is 175 Å². The maximum absolute atomic E-state index is 12.3. The van der Waals surface area contributed by atoms with Gasteiger partial charge in [0.05, 0.1) is 10.5 Å². The van der Waals surface area contributed by atoms with Crippen LogP contribution in [0.25, 0.3) is 0 Å². The number of carbonyl (C=O) groups excluding carboxylic acids is 3. The van der Waals surface area contributed by atoms with E-state index in [0.29, 0.717) is 11.4 Å². The van der Waals surface area contributed by atoms with E-state index in [1.807, 2.05) is 0 Å². The molecule has 0 saturated carbocycles. The Morgan fingerprint density at radius 3 is 1.87 bits per heavy atom. The molecule has 0 unspecified atom stereocenters. The largest absolute Gasteiger partial charge is 0.449 e. The monoisotopic (exact) mass is 433 g/mol. The number of esters is 1. The van der Waals surface area contributed by atoms with Crippen molar-refractivity contribution in [3.05, 3.63) is 54.1 Å². The molecule has 30 heavy (non-hydrogen) atoms. The van der Waals surface area contributed by atoms with E-state index in [1.165, 1.54) is 52.2 Å². The van der Waals surface area contributed by atoms with E-state index in [1.54, 1.807) is 24.3 Å². The number of amides is 2. The van der Waals surface area contributed by atoms with E-state index in [0.717, 1.165) is 4.31 Å². The molecule has 0 aliphatic heterocycles. The molecule has 9 nitrogen and oxygen atoms in total. The van der Waals surface area contributed by atoms with E-state index < -0.39 is 28.0 Å². The molecule has 2 rings (SSSR count). The quantitative estimate of drug-likeness (QED) is 0.645. The maximum Gasteiger partial charge on any atom is 0.338 e. The fourth-order valence-electron chi connectivity index (χ4n) is 2.34. The van der Waals surface area contributed by atoms with Crippen LogP contribution in [0.15, 0.2) is 53.4 Å². The fraction of sp³-hybridized carbons (Fsp3) is 0.250. The molecule has 2 N–H and O–H groups in total. The van der Waals surface area contributed by atoms with Gasteiger partial charge >= 0.3 is 5.97 Å². The van der Waals surface area contributed by atoms with E-state index in [4.69, 9.17) is 4.74 Å². The summed E-state index contributed by atoms with van der Waals surface area (Å²) in [5, 5.41) is 5.22. The van der Waals surface area contributed by atoms with Crippen molar-refractivity contribution in [3.63, 3.8) is 0 Å². The Balaban J connectivity index is 1.98. The highest BCUT2D eigenvalue weighted by Gasteiger charge is 2.21. The number of ether oxygens (including phenoxy) is 1. The number of rotatable bonds is 7. The highest BCUT2D eigenvalue weighted by atomic mass is 32.2. The van der Waals surface area contributed by atoms with Crippen molar-refractivity contribution < 1.29 is 27.5 Å². The number of hydrogen-bond acceptors (Lipinski definition) is 6. The number of hydrogen-bond donors (Lipinski definition) is 2. The number of sulfonamides is 1. The van der Waals surface area contributed by atoms with E-state index >= 15 is 0 Å². The summed E-state index contributed by atoms with van der Waals surface area (Å²) < 4.78 is 30.3. The molecule has 0 spiro atoms. The zero-order valence-electron chi connectivity index (χ0n) is 17.0. The smallest absolute Gasteiger partial charge is 0.338 e. The van der Waals surface area contributed by atoms with E-state index in [-0.39, 0.29) is 16.4 Å². The molecule has 0 aliphatic rings. The predicted octanol–water partition coefficient (Wildman–Crippen LogP) is 2.08. The van der Waals surface area contributed by atoms with Crippen molar-refractivity contribution in [2.24, 2.45) is 0 Å². The lowest BCUT2D eigenvalue weighted by Gasteiger charge is -2.14. The van der Waals surface area contributed by atoms with Crippen LogP contribution in [0, 0.1) is 0 Å². The Kier molecular flexibility index (Phi) is 7.30. The zero-order chi connectivity index (χ0) is 22.5. The van der Waals surface area contributed by atoms with Gasteiger partial charge in [-0.2, -0.15) is 0 Å². The van der Waals surface area contributed by atoms with Crippen molar-refractivity contribution in [2.45, 2.75) is 24.8 Å². The minimum atomic E-state index is -3.61. The molecule has 160 valence electrons. The number of anilines is 2. The van der Waals surface area contributed by atoms with Crippen molar-refractivity contribution in [2.75, 3.05) is 24.7 Å². The van der Waals surface area contributed by atoms with Crippen molar-refractivity contribution in [1.29, 1.82) is 0 Å². The number of benzene rings is 2. The van der Waals surface area contributed by atoms with Gasteiger partial charge in [0.2, 0.25) is 15.9 Å². The van der Waals surface area contributed by atoms with Crippen molar-refractivity contribution >= 4 is 39.2 Å². The lowest BCUT2D eigenvalue weighted by Crippen LogP contribution is -2.30. The summed E-state index contributed by atoms with van der Waals surface area (Å²) in [5.41, 5.74) is 1.17. The molecule has 1 atom stereocenters. The van der Waals surface area contributed by atoms with Gasteiger partial charge in [0, 0.05) is 32.4 Å². The molecule has 2 aromatic rings. The first-order chi connectivity index (χ1) is 14.0. The lowest BCUT2D eigenvalue weighted by atomic mass is 10.2. The summed E-state index contributed by atoms with van der Waals surface area (Å²) in [5.74, 6) is -1.51. The minimum Gasteiger partial charge on any atom is -0.449 e. The Morgan fingerprint density at radius 2 is 1.40 bits per heavy atom. The first kappa shape index (κ1) is 23.0. The minimum absolute atomic E-state index is 0.0394. The molecule has 0 aliphatic carbocycles. The third-order valence-electron chi connectivity index (χ3n) is 3.99. The normalized spacial score (nSPS) is 12.2. The van der Waals surface area contributed by atoms with Crippen LogP contribution in [-0.2, 0) is 24.3 Å². The van der Waals surface area contributed by atoms with Crippen LogP contribution < -0.4 is 10.6 Å². The summed E-state index contributed by atoms with van der Waals surface area (Å²) in [6, 6.07) is 11.7. The summed E-state index contributed by atoms with van der Waals surface area (Å²) in [7, 11) is -0.791. The van der Waals surface area contributed by atoms with Crippen molar-refractivity contribution in [1.82, 2.24) is 4.31 Å². The second kappa shape index (κ2) is 9.51. The van der Waals surface area contributed by atoms with Gasteiger partial charge in [-0.3, -0.25) is 9.59 Å². The average molecular weight is 433 g/mol. The van der Waals surface area contributed by atoms with Gasteiger partial charge in [0.1, 0.15) is 0 Å². The standard InChI is InChI=1S/C20H23N3O6S/c1-13(19(25)22-17-9-7-16(8-10-17)21-14(2)24)29-20(26)15-5-11-18(12-6-15)30(27,28)23(3)4/h5-13H,1-4H3,(H,21,24)(H,22,25)/t13-/m1/s1. The lowest BCUT2D eigenvalue weighted by molar-refractivity contribution is -0.123. The molecule has 2 aromatic carbocycles. The van der Waals surface area contributed by atoms with Crippen LogP contribution in [0.3, 0.4) is 0 Å². The number of nitrogens with zero attached hydrogens (tertiary/aromatic N) is 1. The Hall–Kier alpha value is -3.24. The maximum atomic E-state index is 12.3. The fourth-order valence-corrected chi connectivity index (χ4v) is 3.24. The third-order valence-corrected chi connectivity index (χ3v) is 5.82. The molecule has 0 heterocycles. The summed E-state index contributed by atoms with van der Waals surface area (Å²) >= 11 is 0. The van der Waals surface area contributed by atoms with Crippen LogP contribution in [0.1, 0.15) is 24.2 Å². The molecule has 2 amide bonds. The summed E-state index contributed by atoms with van der Waals surface area (Å²) in [6.07, 6.45) is -1.09. The van der Waals surface area contributed by atoms with Gasteiger partial charge in [-0.1, -0.05) is 0 Å². The van der Waals surface area contributed by atoms with Gasteiger partial charge < -0.3 is 15.4 Å². The van der Waals surface area contributed by atoms with Crippen LogP contribution >= 0.6 is 0 Å². The van der Waals surface area contributed by atoms with Gasteiger partial charge in [-0.05, 0) is 55.5 Å².